The minimum atomic E-state index is 0.363. The highest BCUT2D eigenvalue weighted by Gasteiger charge is 2.27. The second-order valence-corrected chi connectivity index (χ2v) is 4.82. The Labute approximate surface area is 122 Å². The average Bonchev–Trinajstić information content (AvgIpc) is 2.52. The van der Waals surface area contributed by atoms with E-state index < -0.39 is 0 Å². The number of aryl methyl sites for hydroxylation is 1. The number of hydrogen-bond donors (Lipinski definition) is 0. The van der Waals surface area contributed by atoms with Gasteiger partial charge in [0.1, 0.15) is 0 Å². The third-order valence-corrected chi connectivity index (χ3v) is 3.37. The van der Waals surface area contributed by atoms with E-state index in [1.807, 2.05) is 60.7 Å². The zero-order chi connectivity index (χ0) is 14.8. The topological polar surface area (TPSA) is 53.9 Å². The van der Waals surface area contributed by atoms with Crippen LogP contribution < -0.4 is 9.46 Å². The summed E-state index contributed by atoms with van der Waals surface area (Å²) in [6.07, 6.45) is 1.31. The second-order valence-electron chi connectivity index (χ2n) is 4.82. The molecule has 0 fully saturated rings. The van der Waals surface area contributed by atoms with E-state index in [9.17, 15) is 10.4 Å². The lowest BCUT2D eigenvalue weighted by Gasteiger charge is -2.12. The summed E-state index contributed by atoms with van der Waals surface area (Å²) in [4.78, 5) is 0. The van der Waals surface area contributed by atoms with Crippen LogP contribution in [0.4, 0.5) is 0 Å². The molecule has 104 valence electrons. The number of aromatic nitrogens is 2. The number of rotatable bonds is 2. The van der Waals surface area contributed by atoms with Crippen LogP contribution in [-0.4, -0.2) is 0 Å². The third kappa shape index (κ3) is 2.31. The average molecular weight is 278 g/mol. The Balaban J connectivity index is 2.37. The molecule has 0 aliphatic carbocycles. The van der Waals surface area contributed by atoms with Crippen molar-refractivity contribution >= 4 is 0 Å². The molecule has 4 heteroatoms. The van der Waals surface area contributed by atoms with E-state index in [0.29, 0.717) is 17.1 Å². The molecule has 0 saturated carbocycles. The molecule has 0 saturated heterocycles. The Kier molecular flexibility index (Phi) is 3.28. The van der Waals surface area contributed by atoms with E-state index >= 15 is 0 Å². The van der Waals surface area contributed by atoms with Crippen molar-refractivity contribution in [1.82, 2.24) is 0 Å². The van der Waals surface area contributed by atoms with Gasteiger partial charge in [-0.1, -0.05) is 36.4 Å². The SMILES string of the molecule is Cc1c[n+]([O-])c(-c2ccccc2)c(-c2ccccc2)[n+]1[O-]. The summed E-state index contributed by atoms with van der Waals surface area (Å²) in [7, 11) is 0. The Morgan fingerprint density at radius 3 is 1.71 bits per heavy atom. The van der Waals surface area contributed by atoms with Crippen LogP contribution in [0.5, 0.6) is 0 Å². The summed E-state index contributed by atoms with van der Waals surface area (Å²) in [5, 5.41) is 24.8. The van der Waals surface area contributed by atoms with Crippen molar-refractivity contribution in [1.29, 1.82) is 0 Å². The Morgan fingerprint density at radius 2 is 1.19 bits per heavy atom. The van der Waals surface area contributed by atoms with E-state index in [1.165, 1.54) is 6.20 Å². The maximum atomic E-state index is 12.5. The first-order chi connectivity index (χ1) is 10.2. The van der Waals surface area contributed by atoms with Gasteiger partial charge >= 0.3 is 0 Å². The van der Waals surface area contributed by atoms with Gasteiger partial charge in [-0.2, -0.15) is 9.46 Å². The van der Waals surface area contributed by atoms with Crippen LogP contribution in [0.15, 0.2) is 66.9 Å². The van der Waals surface area contributed by atoms with Crippen LogP contribution in [-0.2, 0) is 0 Å². The number of nitrogens with zero attached hydrogens (tertiary/aromatic N) is 2. The van der Waals surface area contributed by atoms with Crippen LogP contribution in [0.25, 0.3) is 22.5 Å². The molecule has 0 aliphatic heterocycles. The van der Waals surface area contributed by atoms with E-state index in [1.54, 1.807) is 6.92 Å². The normalized spacial score (nSPS) is 10.5. The van der Waals surface area contributed by atoms with Gasteiger partial charge in [-0.15, -0.1) is 0 Å². The van der Waals surface area contributed by atoms with Crippen LogP contribution in [0.2, 0.25) is 0 Å². The smallest absolute Gasteiger partial charge is 0.298 e. The highest BCUT2D eigenvalue weighted by Crippen LogP contribution is 2.26. The van der Waals surface area contributed by atoms with Crippen molar-refractivity contribution in [3.8, 4) is 22.5 Å². The Hall–Kier alpha value is -2.88. The van der Waals surface area contributed by atoms with Crippen molar-refractivity contribution < 1.29 is 9.46 Å². The molecule has 2 aromatic carbocycles. The first-order valence-electron chi connectivity index (χ1n) is 6.65. The van der Waals surface area contributed by atoms with Crippen LogP contribution in [0, 0.1) is 17.3 Å². The van der Waals surface area contributed by atoms with Gasteiger partial charge < -0.3 is 10.4 Å². The van der Waals surface area contributed by atoms with Crippen LogP contribution in [0.1, 0.15) is 5.69 Å². The van der Waals surface area contributed by atoms with Crippen molar-refractivity contribution in [2.45, 2.75) is 6.92 Å². The van der Waals surface area contributed by atoms with Gasteiger partial charge in [0, 0.05) is 6.92 Å². The molecule has 0 N–H and O–H groups in total. The fraction of sp³-hybridized carbons (Fsp3) is 0.0588. The molecule has 0 aliphatic rings. The van der Waals surface area contributed by atoms with Crippen molar-refractivity contribution in [3.63, 3.8) is 0 Å². The lowest BCUT2D eigenvalue weighted by Crippen LogP contribution is -2.43. The van der Waals surface area contributed by atoms with E-state index in [2.05, 4.69) is 0 Å². The van der Waals surface area contributed by atoms with Gasteiger partial charge in [0.15, 0.2) is 0 Å². The standard InChI is InChI=1S/C17H14N2O2/c1-13-12-18(20)16(14-8-4-2-5-9-14)17(19(13)21)15-10-6-3-7-11-15/h2-12H,1H3. The molecule has 0 spiro atoms. The van der Waals surface area contributed by atoms with Crippen LogP contribution >= 0.6 is 0 Å². The summed E-state index contributed by atoms with van der Waals surface area (Å²) >= 11 is 0. The molecule has 4 nitrogen and oxygen atoms in total. The second kappa shape index (κ2) is 5.25. The van der Waals surface area contributed by atoms with Gasteiger partial charge in [0.25, 0.3) is 17.1 Å². The molecule has 21 heavy (non-hydrogen) atoms. The van der Waals surface area contributed by atoms with Crippen molar-refractivity contribution in [3.05, 3.63) is 83.0 Å². The first kappa shape index (κ1) is 13.1. The number of hydrogen-bond acceptors (Lipinski definition) is 2. The maximum absolute atomic E-state index is 12.5. The molecular weight excluding hydrogens is 264 g/mol. The predicted molar refractivity (Wildman–Crippen MR) is 80.0 cm³/mol. The lowest BCUT2D eigenvalue weighted by atomic mass is 10.0. The van der Waals surface area contributed by atoms with Gasteiger partial charge in [-0.05, 0) is 24.3 Å². The molecule has 1 aromatic heterocycles. The maximum Gasteiger partial charge on any atom is 0.298 e. The first-order valence-corrected chi connectivity index (χ1v) is 6.65. The molecule has 0 bridgehead atoms. The molecule has 3 aromatic rings. The van der Waals surface area contributed by atoms with Crippen molar-refractivity contribution in [2.24, 2.45) is 0 Å². The van der Waals surface area contributed by atoms with Crippen LogP contribution in [0.3, 0.4) is 0 Å². The van der Waals surface area contributed by atoms with Gasteiger partial charge in [0.2, 0.25) is 6.20 Å². The predicted octanol–water partition coefficient (Wildman–Crippen LogP) is 2.60. The fourth-order valence-corrected chi connectivity index (χ4v) is 2.37. The zero-order valence-electron chi connectivity index (χ0n) is 11.6. The van der Waals surface area contributed by atoms with Crippen molar-refractivity contribution in [2.75, 3.05) is 0 Å². The minimum absolute atomic E-state index is 0.363. The molecule has 3 rings (SSSR count). The highest BCUT2D eigenvalue weighted by molar-refractivity contribution is 5.73. The third-order valence-electron chi connectivity index (χ3n) is 3.37. The lowest BCUT2D eigenvalue weighted by molar-refractivity contribution is -0.653. The Bertz CT molecular complexity index is 772. The monoisotopic (exact) mass is 278 g/mol. The summed E-state index contributed by atoms with van der Waals surface area (Å²) in [5.41, 5.74) is 2.54. The summed E-state index contributed by atoms with van der Waals surface area (Å²) in [5.74, 6) is 0. The summed E-state index contributed by atoms with van der Waals surface area (Å²) in [6.45, 7) is 1.63. The highest BCUT2D eigenvalue weighted by atomic mass is 16.5. The molecule has 0 unspecified atom stereocenters. The van der Waals surface area contributed by atoms with Gasteiger partial charge in [-0.25, -0.2) is 0 Å². The summed E-state index contributed by atoms with van der Waals surface area (Å²) in [6, 6.07) is 18.5. The molecular formula is C17H14N2O2. The summed E-state index contributed by atoms with van der Waals surface area (Å²) < 4.78 is 1.58. The van der Waals surface area contributed by atoms with E-state index in [0.717, 1.165) is 20.6 Å². The van der Waals surface area contributed by atoms with E-state index in [-0.39, 0.29) is 0 Å². The van der Waals surface area contributed by atoms with Gasteiger partial charge in [0.05, 0.1) is 11.1 Å². The minimum Gasteiger partial charge on any atom is -0.618 e. The zero-order valence-corrected chi connectivity index (χ0v) is 11.6. The molecule has 0 amide bonds. The number of benzene rings is 2. The van der Waals surface area contributed by atoms with E-state index in [4.69, 9.17) is 0 Å². The fourth-order valence-electron chi connectivity index (χ4n) is 2.37. The quantitative estimate of drug-likeness (QED) is 0.534. The largest absolute Gasteiger partial charge is 0.618 e. The molecule has 0 atom stereocenters. The molecule has 0 radical (unpaired) electrons. The van der Waals surface area contributed by atoms with Gasteiger partial charge in [-0.3, -0.25) is 0 Å². The Morgan fingerprint density at radius 1 is 0.714 bits per heavy atom. The molecule has 1 heterocycles.